The Morgan fingerprint density at radius 1 is 1.02 bits per heavy atom. The molecule has 2 atom stereocenters. The lowest BCUT2D eigenvalue weighted by atomic mass is 10.00. The zero-order valence-corrected chi connectivity index (χ0v) is 28.1. The Labute approximate surface area is 289 Å². The number of rotatable bonds is 9. The highest BCUT2D eigenvalue weighted by atomic mass is 35.5. The summed E-state index contributed by atoms with van der Waals surface area (Å²) in [4.78, 5) is 34.5. The van der Waals surface area contributed by atoms with Crippen molar-refractivity contribution in [3.63, 3.8) is 0 Å². The molecule has 11 nitrogen and oxygen atoms in total. The molecule has 6 rings (SSSR count). The van der Waals surface area contributed by atoms with Crippen LogP contribution in [-0.4, -0.2) is 56.7 Å². The molecule has 49 heavy (non-hydrogen) atoms. The minimum atomic E-state index is -2.97. The fourth-order valence-electron chi connectivity index (χ4n) is 5.85. The standard InChI is InChI=1S/C34H32Cl2F2N6O5/c1-43-25-14-24(30(37)38)41-31(27(25)33(46)44(2)34(43)47)40-23-9-5-7-19(29(23)36)18-6-4-8-20(28(18)35)21-11-10-17(32(42-21)48-3)15-39-22-12-13-49-16-26(22)45/h4-11,14,22,26,30,39,45H,12-13,15-16H2,1-3H3,(H,40,41)/t22-,26+/m0/s1. The summed E-state index contributed by atoms with van der Waals surface area (Å²) in [6.45, 7) is 1.28. The number of alkyl halides is 2. The third-order valence-corrected chi connectivity index (χ3v) is 9.34. The zero-order chi connectivity index (χ0) is 35.0. The predicted molar refractivity (Wildman–Crippen MR) is 184 cm³/mol. The Morgan fingerprint density at radius 2 is 1.73 bits per heavy atom. The topological polar surface area (TPSA) is 133 Å². The first-order valence-electron chi connectivity index (χ1n) is 15.3. The number of aromatic nitrogens is 4. The van der Waals surface area contributed by atoms with Gasteiger partial charge in [0.25, 0.3) is 12.0 Å². The summed E-state index contributed by atoms with van der Waals surface area (Å²) in [6, 6.07) is 15.1. The van der Waals surface area contributed by atoms with Gasteiger partial charge in [-0.2, -0.15) is 0 Å². The summed E-state index contributed by atoms with van der Waals surface area (Å²) < 4.78 is 40.7. The molecular weight excluding hydrogens is 681 g/mol. The summed E-state index contributed by atoms with van der Waals surface area (Å²) in [7, 11) is 4.21. The first-order chi connectivity index (χ1) is 23.5. The van der Waals surface area contributed by atoms with Crippen LogP contribution < -0.4 is 26.6 Å². The van der Waals surface area contributed by atoms with Crippen LogP contribution in [0.15, 0.2) is 64.2 Å². The van der Waals surface area contributed by atoms with Crippen LogP contribution in [0.3, 0.4) is 0 Å². The normalized spacial score (nSPS) is 16.3. The molecule has 1 aliphatic rings. The second kappa shape index (κ2) is 14.2. The van der Waals surface area contributed by atoms with E-state index in [1.54, 1.807) is 30.3 Å². The maximum Gasteiger partial charge on any atom is 0.330 e. The molecule has 4 heterocycles. The van der Waals surface area contributed by atoms with Crippen molar-refractivity contribution in [3.05, 3.63) is 96.7 Å². The number of halogens is 4. The molecule has 3 N–H and O–H groups in total. The molecular formula is C34H32Cl2F2N6O5. The lowest BCUT2D eigenvalue weighted by molar-refractivity contribution is -0.0281. The van der Waals surface area contributed by atoms with Gasteiger partial charge in [0.1, 0.15) is 16.9 Å². The number of benzene rings is 2. The summed E-state index contributed by atoms with van der Waals surface area (Å²) in [6.07, 6.45) is -2.88. The number of hydrogen-bond donors (Lipinski definition) is 3. The number of anilines is 2. The number of nitrogens with one attached hydrogen (secondary N) is 2. The highest BCUT2D eigenvalue weighted by molar-refractivity contribution is 6.39. The number of nitrogens with zero attached hydrogens (tertiary/aromatic N) is 4. The first kappa shape index (κ1) is 34.5. The van der Waals surface area contributed by atoms with E-state index in [1.165, 1.54) is 21.2 Å². The highest BCUT2D eigenvalue weighted by Gasteiger charge is 2.24. The molecule has 3 aromatic heterocycles. The van der Waals surface area contributed by atoms with Crippen molar-refractivity contribution in [1.29, 1.82) is 0 Å². The number of hydrogen-bond acceptors (Lipinski definition) is 9. The molecule has 2 aromatic carbocycles. The average molecular weight is 714 g/mol. The van der Waals surface area contributed by atoms with Gasteiger partial charge in [-0.25, -0.2) is 23.5 Å². The van der Waals surface area contributed by atoms with Gasteiger partial charge in [-0.1, -0.05) is 59.6 Å². The lowest BCUT2D eigenvalue weighted by Gasteiger charge is -2.28. The second-order valence-electron chi connectivity index (χ2n) is 11.5. The van der Waals surface area contributed by atoms with Crippen molar-refractivity contribution in [2.45, 2.75) is 31.5 Å². The lowest BCUT2D eigenvalue weighted by Crippen LogP contribution is -2.46. The SMILES string of the molecule is COc1nc(-c2cccc(-c3cccc(Nc4nc(C(F)F)cc5c4c(=O)n(C)c(=O)n5C)c3Cl)c2Cl)ccc1CN[C@H]1CCOC[C@H]1O. The molecule has 0 radical (unpaired) electrons. The van der Waals surface area contributed by atoms with E-state index in [4.69, 9.17) is 37.7 Å². The smallest absolute Gasteiger partial charge is 0.330 e. The number of methoxy groups -OCH3 is 1. The van der Waals surface area contributed by atoms with Crippen molar-refractivity contribution in [2.24, 2.45) is 14.1 Å². The number of aliphatic hydroxyl groups excluding tert-OH is 1. The Kier molecular flexibility index (Phi) is 10.00. The fourth-order valence-corrected chi connectivity index (χ4v) is 6.45. The molecule has 1 aliphatic heterocycles. The van der Waals surface area contributed by atoms with Gasteiger partial charge in [0.05, 0.1) is 46.8 Å². The predicted octanol–water partition coefficient (Wildman–Crippen LogP) is 5.60. The van der Waals surface area contributed by atoms with Gasteiger partial charge in [0, 0.05) is 55.5 Å². The summed E-state index contributed by atoms with van der Waals surface area (Å²) in [5.74, 6) is 0.215. The Morgan fingerprint density at radius 3 is 2.45 bits per heavy atom. The highest BCUT2D eigenvalue weighted by Crippen LogP contribution is 2.42. The van der Waals surface area contributed by atoms with Crippen molar-refractivity contribution in [1.82, 2.24) is 24.4 Å². The van der Waals surface area contributed by atoms with Crippen molar-refractivity contribution < 1.29 is 23.4 Å². The Bertz CT molecular complexity index is 2180. The third-order valence-electron chi connectivity index (χ3n) is 8.53. The van der Waals surface area contributed by atoms with E-state index >= 15 is 0 Å². The molecule has 1 fully saturated rings. The van der Waals surface area contributed by atoms with Gasteiger partial charge in [-0.3, -0.25) is 13.9 Å². The van der Waals surface area contributed by atoms with Crippen LogP contribution in [0.4, 0.5) is 20.3 Å². The largest absolute Gasteiger partial charge is 0.481 e. The molecule has 0 spiro atoms. The van der Waals surface area contributed by atoms with E-state index < -0.39 is 29.5 Å². The zero-order valence-electron chi connectivity index (χ0n) is 26.6. The monoisotopic (exact) mass is 712 g/mol. The number of fused-ring (bicyclic) bond motifs is 1. The maximum absolute atomic E-state index is 13.9. The average Bonchev–Trinajstić information content (AvgIpc) is 3.10. The van der Waals surface area contributed by atoms with Gasteiger partial charge in [0.2, 0.25) is 5.88 Å². The van der Waals surface area contributed by atoms with Gasteiger partial charge in [-0.05, 0) is 24.6 Å². The minimum Gasteiger partial charge on any atom is -0.481 e. The molecule has 256 valence electrons. The minimum absolute atomic E-state index is 0.00479. The van der Waals surface area contributed by atoms with E-state index in [0.29, 0.717) is 52.9 Å². The molecule has 1 saturated heterocycles. The van der Waals surface area contributed by atoms with Crippen LogP contribution in [0.25, 0.3) is 33.3 Å². The molecule has 0 saturated carbocycles. The summed E-state index contributed by atoms with van der Waals surface area (Å²) in [5, 5.41) is 17.0. The van der Waals surface area contributed by atoms with E-state index in [9.17, 15) is 23.5 Å². The summed E-state index contributed by atoms with van der Waals surface area (Å²) in [5.41, 5.74) is 1.29. The Hall–Kier alpha value is -4.40. The van der Waals surface area contributed by atoms with Gasteiger partial charge >= 0.3 is 5.69 Å². The quantitative estimate of drug-likeness (QED) is 0.179. The fraction of sp³-hybridized carbons (Fsp3) is 0.294. The number of aryl methyl sites for hydroxylation is 1. The third kappa shape index (κ3) is 6.64. The molecule has 0 aliphatic carbocycles. The van der Waals surface area contributed by atoms with Gasteiger partial charge < -0.3 is 25.2 Å². The Balaban J connectivity index is 1.35. The van der Waals surface area contributed by atoms with Crippen LogP contribution in [0.1, 0.15) is 24.1 Å². The van der Waals surface area contributed by atoms with Crippen LogP contribution in [-0.2, 0) is 25.4 Å². The molecule has 0 unspecified atom stereocenters. The van der Waals surface area contributed by atoms with Crippen LogP contribution >= 0.6 is 23.2 Å². The van der Waals surface area contributed by atoms with E-state index in [1.807, 2.05) is 18.2 Å². The molecule has 0 bridgehead atoms. The van der Waals surface area contributed by atoms with Crippen molar-refractivity contribution >= 4 is 45.6 Å². The van der Waals surface area contributed by atoms with Crippen molar-refractivity contribution in [3.8, 4) is 28.3 Å². The number of pyridine rings is 2. The summed E-state index contributed by atoms with van der Waals surface area (Å²) >= 11 is 13.9. The molecule has 5 aromatic rings. The molecule has 15 heteroatoms. The second-order valence-corrected chi connectivity index (χ2v) is 12.3. The maximum atomic E-state index is 13.9. The van der Waals surface area contributed by atoms with Crippen LogP contribution in [0.5, 0.6) is 5.88 Å². The van der Waals surface area contributed by atoms with Gasteiger partial charge in [-0.15, -0.1) is 0 Å². The molecule has 0 amide bonds. The number of ether oxygens (including phenoxy) is 2. The first-order valence-corrected chi connectivity index (χ1v) is 16.0. The van der Waals surface area contributed by atoms with E-state index in [2.05, 4.69) is 15.6 Å². The van der Waals surface area contributed by atoms with Crippen LogP contribution in [0, 0.1) is 0 Å². The van der Waals surface area contributed by atoms with Crippen molar-refractivity contribution in [2.75, 3.05) is 25.6 Å². The van der Waals surface area contributed by atoms with E-state index in [0.717, 1.165) is 20.8 Å². The van der Waals surface area contributed by atoms with Gasteiger partial charge in [0.15, 0.2) is 0 Å². The van der Waals surface area contributed by atoms with E-state index in [-0.39, 0.29) is 40.1 Å². The van der Waals surface area contributed by atoms with Crippen LogP contribution in [0.2, 0.25) is 10.0 Å². The number of aliphatic hydroxyl groups is 1.